The molecule has 5 fully saturated rings. The predicted molar refractivity (Wildman–Crippen MR) is 160 cm³/mol. The van der Waals surface area contributed by atoms with Gasteiger partial charge in [-0.05, 0) is 61.4 Å². The fraction of sp³-hybridized carbons (Fsp3) is 0.600. The first-order valence-corrected chi connectivity index (χ1v) is 16.4. The number of likely N-dealkylation sites (tertiary alicyclic amines) is 1. The lowest BCUT2D eigenvalue weighted by Gasteiger charge is -2.74. The standard InChI is InChI=1S/C33H40N2O5.C2HF3O2/c1-35(17-20-3-4-20)14-13-32-27-23-9-10-25(36)28(27)40-30(32)33(38-2)12-11-31(32,26(35)15-23)16-24(33)19-39-18-21-5-7-22(8-6-21)29(34)37;3-2(4,5)1(6)7/h5-10,20,24,26,30H,3-4,11-19H2,1-2H3,(H2-,34,36,37);(H,6,7)/t24-,26-,30-,31-,32+,33-,35?;/m1./s1. The highest BCUT2D eigenvalue weighted by molar-refractivity contribution is 5.92. The van der Waals surface area contributed by atoms with Crippen LogP contribution in [0, 0.1) is 17.3 Å². The van der Waals surface area contributed by atoms with Crippen molar-refractivity contribution < 1.29 is 51.7 Å². The van der Waals surface area contributed by atoms with E-state index in [0.29, 0.717) is 24.8 Å². The summed E-state index contributed by atoms with van der Waals surface area (Å²) < 4.78 is 52.7. The Morgan fingerprint density at radius 2 is 1.83 bits per heavy atom. The molecule has 5 aliphatic carbocycles. The molecule has 0 aromatic heterocycles. The lowest BCUT2D eigenvalue weighted by molar-refractivity contribution is -0.952. The van der Waals surface area contributed by atoms with Crippen LogP contribution in [0.4, 0.5) is 13.2 Å². The van der Waals surface area contributed by atoms with Crippen molar-refractivity contribution in [3.05, 3.63) is 58.7 Å². The number of rotatable bonds is 8. The molecule has 2 aliphatic heterocycles. The summed E-state index contributed by atoms with van der Waals surface area (Å²) in [6, 6.07) is 11.9. The molecule has 9 nitrogen and oxygen atoms in total. The van der Waals surface area contributed by atoms with Crippen molar-refractivity contribution in [2.45, 2.75) is 80.9 Å². The van der Waals surface area contributed by atoms with Gasteiger partial charge in [0.05, 0.1) is 44.8 Å². The van der Waals surface area contributed by atoms with Gasteiger partial charge in [-0.3, -0.25) is 4.79 Å². The molecule has 7 atom stereocenters. The first-order chi connectivity index (χ1) is 22.2. The third kappa shape index (κ3) is 4.68. The normalized spacial score (nSPS) is 35.7. The number of carbonyl (C=O) groups excluding carboxylic acids is 2. The number of hydrogen-bond donors (Lipinski definition) is 2. The molecule has 1 unspecified atom stereocenters. The fourth-order valence-electron chi connectivity index (χ4n) is 10.5. The van der Waals surface area contributed by atoms with Gasteiger partial charge >= 0.3 is 6.18 Å². The number of carboxylic acid groups (broad SMARTS) is 1. The van der Waals surface area contributed by atoms with E-state index in [1.165, 1.54) is 37.1 Å². The topological polar surface area (TPSA) is 131 Å². The molecular weight excluding hydrogens is 617 g/mol. The number of primary amides is 1. The summed E-state index contributed by atoms with van der Waals surface area (Å²) in [5.41, 5.74) is 9.16. The number of nitrogens with zero attached hydrogens (tertiary/aromatic N) is 1. The number of hydrogen-bond acceptors (Lipinski definition) is 7. The first-order valence-electron chi connectivity index (χ1n) is 16.4. The number of methoxy groups -OCH3 is 1. The van der Waals surface area contributed by atoms with Crippen molar-refractivity contribution in [3.8, 4) is 11.5 Å². The molecule has 1 saturated heterocycles. The number of piperidine rings is 1. The molecule has 1 amide bonds. The average molecular weight is 659 g/mol. The highest BCUT2D eigenvalue weighted by Crippen LogP contribution is 2.77. The Morgan fingerprint density at radius 1 is 1.13 bits per heavy atom. The number of carboxylic acids is 1. The number of halogens is 3. The third-order valence-corrected chi connectivity index (χ3v) is 12.6. The summed E-state index contributed by atoms with van der Waals surface area (Å²) in [5, 5.41) is 19.8. The number of amides is 1. The maximum Gasteiger partial charge on any atom is 0.430 e. The van der Waals surface area contributed by atoms with Crippen LogP contribution in [0.25, 0.3) is 0 Å². The van der Waals surface area contributed by atoms with E-state index in [1.807, 2.05) is 25.3 Å². The molecule has 4 bridgehead atoms. The van der Waals surface area contributed by atoms with Crippen molar-refractivity contribution in [3.63, 3.8) is 0 Å². The summed E-state index contributed by atoms with van der Waals surface area (Å²) in [5.74, 6) is -1.36. The quantitative estimate of drug-likeness (QED) is 0.416. The number of fused-ring (bicyclic) bond motifs is 2. The fourth-order valence-corrected chi connectivity index (χ4v) is 10.5. The molecule has 4 saturated carbocycles. The number of nitrogens with two attached hydrogens (primary N) is 1. The van der Waals surface area contributed by atoms with E-state index in [4.69, 9.17) is 29.8 Å². The number of quaternary nitrogens is 1. The minimum atomic E-state index is -5.19. The monoisotopic (exact) mass is 658 g/mol. The zero-order chi connectivity index (χ0) is 33.6. The molecule has 254 valence electrons. The Labute approximate surface area is 271 Å². The van der Waals surface area contributed by atoms with E-state index in [9.17, 15) is 23.1 Å². The molecule has 47 heavy (non-hydrogen) atoms. The van der Waals surface area contributed by atoms with Crippen molar-refractivity contribution >= 4 is 11.9 Å². The number of alkyl halides is 3. The van der Waals surface area contributed by atoms with E-state index in [2.05, 4.69) is 13.1 Å². The van der Waals surface area contributed by atoms with Crippen LogP contribution in [0.1, 0.15) is 65.6 Å². The predicted octanol–water partition coefficient (Wildman–Crippen LogP) is 3.38. The summed E-state index contributed by atoms with van der Waals surface area (Å²) in [6.45, 7) is 3.52. The zero-order valence-corrected chi connectivity index (χ0v) is 26.6. The van der Waals surface area contributed by atoms with E-state index in [0.717, 1.165) is 53.8 Å². The Hall–Kier alpha value is -3.35. The lowest BCUT2D eigenvalue weighted by atomic mass is 9.34. The molecule has 2 spiro atoms. The SMILES string of the molecule is CO[C@]12CC[C@@]3(C[C@@H]1COCc1ccc(C(N)=O)cc1)[C@H]1Cc4ccc(O)c5c4[C@@]3(CC[N+]1(C)CC1CC1)[C@H]2O5.O=C([O-])C(F)(F)F. The van der Waals surface area contributed by atoms with E-state index in [1.54, 1.807) is 12.1 Å². The minimum absolute atomic E-state index is 0.100. The molecule has 9 rings (SSSR count). The number of ether oxygens (including phenoxy) is 3. The Morgan fingerprint density at radius 3 is 2.45 bits per heavy atom. The van der Waals surface area contributed by atoms with E-state index in [-0.39, 0.29) is 28.6 Å². The van der Waals surface area contributed by atoms with Crippen molar-refractivity contribution in [1.29, 1.82) is 0 Å². The smallest absolute Gasteiger partial charge is 0.430 e. The number of aromatic hydroxyl groups is 1. The number of carbonyl (C=O) groups is 2. The Bertz CT molecular complexity index is 1600. The van der Waals surface area contributed by atoms with Crippen LogP contribution in [0.3, 0.4) is 0 Å². The lowest BCUT2D eigenvalue weighted by Crippen LogP contribution is -2.83. The molecule has 0 radical (unpaired) electrons. The van der Waals surface area contributed by atoms with Gasteiger partial charge in [-0.1, -0.05) is 18.2 Å². The largest absolute Gasteiger partial charge is 0.542 e. The van der Waals surface area contributed by atoms with Crippen molar-refractivity contribution in [2.24, 2.45) is 23.0 Å². The number of benzene rings is 2. The highest BCUT2D eigenvalue weighted by atomic mass is 19.4. The second-order valence-corrected chi connectivity index (χ2v) is 14.8. The summed E-state index contributed by atoms with van der Waals surface area (Å²) >= 11 is 0. The van der Waals surface area contributed by atoms with Gasteiger partial charge in [-0.25, -0.2) is 0 Å². The first kappa shape index (κ1) is 32.2. The van der Waals surface area contributed by atoms with Crippen molar-refractivity contribution in [1.82, 2.24) is 0 Å². The van der Waals surface area contributed by atoms with Crippen LogP contribution in [0.15, 0.2) is 36.4 Å². The van der Waals surface area contributed by atoms with Crippen molar-refractivity contribution in [2.75, 3.05) is 33.9 Å². The van der Waals surface area contributed by atoms with E-state index < -0.39 is 23.7 Å². The van der Waals surface area contributed by atoms with Crippen LogP contribution in [-0.4, -0.2) is 79.2 Å². The van der Waals surface area contributed by atoms with E-state index >= 15 is 0 Å². The molecule has 2 aromatic rings. The van der Waals surface area contributed by atoms with Crippen LogP contribution in [0.2, 0.25) is 0 Å². The van der Waals surface area contributed by atoms with Gasteiger partial charge in [0.15, 0.2) is 11.5 Å². The maximum absolute atomic E-state index is 11.5. The summed E-state index contributed by atoms with van der Waals surface area (Å²) in [4.78, 5) is 20.3. The van der Waals surface area contributed by atoms with Crippen LogP contribution in [-0.2, 0) is 32.7 Å². The second-order valence-electron chi connectivity index (χ2n) is 14.8. The van der Waals surface area contributed by atoms with Gasteiger partial charge < -0.3 is 39.4 Å². The van der Waals surface area contributed by atoms with Gasteiger partial charge in [-0.2, -0.15) is 13.2 Å². The summed E-state index contributed by atoms with van der Waals surface area (Å²) in [6.07, 6.45) is 2.76. The number of phenolic OH excluding ortho intramolecular Hbond substituents is 1. The molecule has 3 N–H and O–H groups in total. The molecule has 7 aliphatic rings. The number of aliphatic carboxylic acids is 1. The number of likely N-dealkylation sites (N-methyl/N-ethyl adjacent to an activating group) is 1. The van der Waals surface area contributed by atoms with Crippen LogP contribution in [0.5, 0.6) is 11.5 Å². The Kier molecular flexibility index (Phi) is 7.42. The molecular formula is C35H41F3N2O7. The van der Waals surface area contributed by atoms with Gasteiger partial charge in [0.2, 0.25) is 5.91 Å². The van der Waals surface area contributed by atoms with Crippen LogP contribution >= 0.6 is 0 Å². The highest BCUT2D eigenvalue weighted by Gasteiger charge is 2.83. The van der Waals surface area contributed by atoms with Gasteiger partial charge in [0.25, 0.3) is 0 Å². The van der Waals surface area contributed by atoms with Crippen LogP contribution < -0.4 is 15.6 Å². The number of phenols is 1. The molecule has 2 heterocycles. The molecule has 12 heteroatoms. The van der Waals surface area contributed by atoms with Gasteiger partial charge in [-0.15, -0.1) is 0 Å². The summed E-state index contributed by atoms with van der Waals surface area (Å²) in [7, 11) is 4.39. The van der Waals surface area contributed by atoms with Gasteiger partial charge in [0, 0.05) is 48.3 Å². The van der Waals surface area contributed by atoms with Gasteiger partial charge in [0.1, 0.15) is 17.7 Å². The maximum atomic E-state index is 11.5. The average Bonchev–Trinajstić information content (AvgIpc) is 3.76. The Balaban J connectivity index is 0.000000455. The minimum Gasteiger partial charge on any atom is -0.542 e. The molecule has 2 aromatic carbocycles. The second kappa shape index (κ2) is 10.8. The third-order valence-electron chi connectivity index (χ3n) is 12.6. The zero-order valence-electron chi connectivity index (χ0n) is 26.6.